The molecular weight excluding hydrogens is 180 g/mol. The summed E-state index contributed by atoms with van der Waals surface area (Å²) in [5.41, 5.74) is 5.01. The number of likely N-dealkylation sites (N-methyl/N-ethyl adjacent to an activating group) is 1. The molecule has 1 amide bonds. The average molecular weight is 200 g/mol. The Morgan fingerprint density at radius 2 is 2.36 bits per heavy atom. The summed E-state index contributed by atoms with van der Waals surface area (Å²) in [7, 11) is 2.13. The van der Waals surface area contributed by atoms with Gasteiger partial charge in [0.05, 0.1) is 13.2 Å². The number of likely N-dealkylation sites (tertiary alicyclic amines) is 1. The molecule has 1 aliphatic rings. The first-order valence-electron chi connectivity index (χ1n) is 5.26. The van der Waals surface area contributed by atoms with Gasteiger partial charge in [-0.15, -0.1) is 0 Å². The molecule has 1 saturated heterocycles. The Labute approximate surface area is 85.4 Å². The number of ether oxygens (including phenoxy) is 1. The predicted molar refractivity (Wildman–Crippen MR) is 54.9 cm³/mol. The lowest BCUT2D eigenvalue weighted by Gasteiger charge is -2.32. The Kier molecular flexibility index (Phi) is 4.90. The van der Waals surface area contributed by atoms with Crippen LogP contribution < -0.4 is 5.73 Å². The van der Waals surface area contributed by atoms with E-state index in [1.807, 2.05) is 0 Å². The Morgan fingerprint density at radius 3 is 3.00 bits per heavy atom. The first-order chi connectivity index (χ1) is 6.70. The van der Waals surface area contributed by atoms with E-state index in [4.69, 9.17) is 10.5 Å². The minimum Gasteiger partial charge on any atom is -0.379 e. The minimum atomic E-state index is -0.290. The van der Waals surface area contributed by atoms with E-state index in [0.29, 0.717) is 19.1 Å². The van der Waals surface area contributed by atoms with Crippen LogP contribution in [0.4, 0.5) is 0 Å². The fraction of sp³-hybridized carbons (Fsp3) is 0.900. The SMILES string of the molecule is CN1CCCCC1COCCC(N)=O. The van der Waals surface area contributed by atoms with E-state index >= 15 is 0 Å². The molecule has 4 nitrogen and oxygen atoms in total. The summed E-state index contributed by atoms with van der Waals surface area (Å²) in [5.74, 6) is -0.290. The van der Waals surface area contributed by atoms with Gasteiger partial charge in [-0.1, -0.05) is 6.42 Å². The summed E-state index contributed by atoms with van der Waals surface area (Å²) >= 11 is 0. The maximum Gasteiger partial charge on any atom is 0.219 e. The summed E-state index contributed by atoms with van der Waals surface area (Å²) in [6.45, 7) is 2.34. The highest BCUT2D eigenvalue weighted by Crippen LogP contribution is 2.14. The molecule has 0 radical (unpaired) electrons. The van der Waals surface area contributed by atoms with E-state index in [0.717, 1.165) is 13.2 Å². The molecule has 0 saturated carbocycles. The molecule has 0 spiro atoms. The third kappa shape index (κ3) is 4.07. The zero-order valence-corrected chi connectivity index (χ0v) is 8.87. The number of nitrogens with zero attached hydrogens (tertiary/aromatic N) is 1. The highest BCUT2D eigenvalue weighted by Gasteiger charge is 2.18. The molecule has 1 aliphatic heterocycles. The average Bonchev–Trinajstić information content (AvgIpc) is 2.15. The Morgan fingerprint density at radius 1 is 1.57 bits per heavy atom. The fourth-order valence-corrected chi connectivity index (χ4v) is 1.75. The Hall–Kier alpha value is -0.610. The maximum atomic E-state index is 10.4. The lowest BCUT2D eigenvalue weighted by atomic mass is 10.0. The van der Waals surface area contributed by atoms with Crippen LogP contribution in [0.25, 0.3) is 0 Å². The first-order valence-corrected chi connectivity index (χ1v) is 5.26. The molecule has 1 rings (SSSR count). The van der Waals surface area contributed by atoms with Crippen molar-refractivity contribution in [1.82, 2.24) is 4.90 Å². The van der Waals surface area contributed by atoms with Gasteiger partial charge in [0.25, 0.3) is 0 Å². The number of amides is 1. The predicted octanol–water partition coefficient (Wildman–Crippen LogP) is 0.363. The van der Waals surface area contributed by atoms with Gasteiger partial charge < -0.3 is 15.4 Å². The lowest BCUT2D eigenvalue weighted by molar-refractivity contribution is -0.119. The van der Waals surface area contributed by atoms with Crippen LogP contribution in [0.2, 0.25) is 0 Å². The standard InChI is InChI=1S/C10H20N2O2/c1-12-6-3-2-4-9(12)8-14-7-5-10(11)13/h9H,2-8H2,1H3,(H2,11,13). The van der Waals surface area contributed by atoms with Gasteiger partial charge in [-0.05, 0) is 26.4 Å². The zero-order chi connectivity index (χ0) is 10.4. The van der Waals surface area contributed by atoms with Crippen LogP contribution >= 0.6 is 0 Å². The van der Waals surface area contributed by atoms with Crippen molar-refractivity contribution in [3.63, 3.8) is 0 Å². The minimum absolute atomic E-state index is 0.290. The summed E-state index contributed by atoms with van der Waals surface area (Å²) in [4.78, 5) is 12.8. The molecule has 14 heavy (non-hydrogen) atoms. The fourth-order valence-electron chi connectivity index (χ4n) is 1.75. The number of carbonyl (C=O) groups is 1. The van der Waals surface area contributed by atoms with Gasteiger partial charge in [0, 0.05) is 12.5 Å². The van der Waals surface area contributed by atoms with Crippen molar-refractivity contribution >= 4 is 5.91 Å². The van der Waals surface area contributed by atoms with Crippen LogP contribution in [0.5, 0.6) is 0 Å². The van der Waals surface area contributed by atoms with Gasteiger partial charge in [-0.3, -0.25) is 4.79 Å². The van der Waals surface area contributed by atoms with Gasteiger partial charge in [-0.25, -0.2) is 0 Å². The summed E-state index contributed by atoms with van der Waals surface area (Å²) in [5, 5.41) is 0. The largest absolute Gasteiger partial charge is 0.379 e. The number of rotatable bonds is 5. The smallest absolute Gasteiger partial charge is 0.219 e. The molecule has 1 fully saturated rings. The summed E-state index contributed by atoms with van der Waals surface area (Å²) in [6.07, 6.45) is 4.10. The van der Waals surface area contributed by atoms with E-state index < -0.39 is 0 Å². The normalized spacial score (nSPS) is 23.6. The summed E-state index contributed by atoms with van der Waals surface area (Å²) in [6, 6.07) is 0.525. The van der Waals surface area contributed by atoms with Crippen LogP contribution in [0.15, 0.2) is 0 Å². The van der Waals surface area contributed by atoms with E-state index in [1.165, 1.54) is 19.3 Å². The molecule has 1 unspecified atom stereocenters. The molecule has 1 atom stereocenters. The zero-order valence-electron chi connectivity index (χ0n) is 8.87. The number of carbonyl (C=O) groups excluding carboxylic acids is 1. The molecule has 0 bridgehead atoms. The van der Waals surface area contributed by atoms with Gasteiger partial charge in [0.15, 0.2) is 0 Å². The van der Waals surface area contributed by atoms with Crippen molar-refractivity contribution in [3.8, 4) is 0 Å². The Bertz CT molecular complexity index is 185. The summed E-state index contributed by atoms with van der Waals surface area (Å²) < 4.78 is 5.41. The highest BCUT2D eigenvalue weighted by atomic mass is 16.5. The quantitative estimate of drug-likeness (QED) is 0.652. The van der Waals surface area contributed by atoms with Crippen molar-refractivity contribution in [1.29, 1.82) is 0 Å². The van der Waals surface area contributed by atoms with Crippen molar-refractivity contribution in [2.45, 2.75) is 31.7 Å². The molecule has 0 aromatic heterocycles. The van der Waals surface area contributed by atoms with E-state index in [9.17, 15) is 4.79 Å². The first kappa shape index (κ1) is 11.5. The van der Waals surface area contributed by atoms with E-state index in [-0.39, 0.29) is 5.91 Å². The monoisotopic (exact) mass is 200 g/mol. The molecule has 4 heteroatoms. The number of hydrogen-bond acceptors (Lipinski definition) is 3. The molecule has 1 heterocycles. The van der Waals surface area contributed by atoms with Gasteiger partial charge in [0.1, 0.15) is 0 Å². The molecule has 0 aromatic carbocycles. The van der Waals surface area contributed by atoms with Crippen LogP contribution in [-0.2, 0) is 9.53 Å². The second-order valence-corrected chi connectivity index (χ2v) is 3.92. The molecule has 0 aromatic rings. The number of nitrogens with two attached hydrogens (primary N) is 1. The number of hydrogen-bond donors (Lipinski definition) is 1. The van der Waals surface area contributed by atoms with Gasteiger partial charge >= 0.3 is 0 Å². The van der Waals surface area contributed by atoms with Crippen LogP contribution in [-0.4, -0.2) is 43.7 Å². The lowest BCUT2D eigenvalue weighted by Crippen LogP contribution is -2.39. The van der Waals surface area contributed by atoms with Crippen LogP contribution in [0.1, 0.15) is 25.7 Å². The second kappa shape index (κ2) is 5.98. The molecular formula is C10H20N2O2. The third-order valence-electron chi connectivity index (χ3n) is 2.72. The highest BCUT2D eigenvalue weighted by molar-refractivity contribution is 5.73. The number of primary amides is 1. The second-order valence-electron chi connectivity index (χ2n) is 3.92. The van der Waals surface area contributed by atoms with Gasteiger partial charge in [0.2, 0.25) is 5.91 Å². The van der Waals surface area contributed by atoms with Gasteiger partial charge in [-0.2, -0.15) is 0 Å². The number of piperidine rings is 1. The van der Waals surface area contributed by atoms with Crippen molar-refractivity contribution in [2.24, 2.45) is 5.73 Å². The maximum absolute atomic E-state index is 10.4. The molecule has 2 N–H and O–H groups in total. The van der Waals surface area contributed by atoms with E-state index in [2.05, 4.69) is 11.9 Å². The third-order valence-corrected chi connectivity index (χ3v) is 2.72. The van der Waals surface area contributed by atoms with Crippen molar-refractivity contribution in [3.05, 3.63) is 0 Å². The van der Waals surface area contributed by atoms with Crippen molar-refractivity contribution < 1.29 is 9.53 Å². The van der Waals surface area contributed by atoms with E-state index in [1.54, 1.807) is 0 Å². The molecule has 82 valence electrons. The Balaban J connectivity index is 2.07. The topological polar surface area (TPSA) is 55.6 Å². The van der Waals surface area contributed by atoms with Crippen LogP contribution in [0.3, 0.4) is 0 Å². The molecule has 0 aliphatic carbocycles. The van der Waals surface area contributed by atoms with Crippen molar-refractivity contribution in [2.75, 3.05) is 26.8 Å². The van der Waals surface area contributed by atoms with Crippen LogP contribution in [0, 0.1) is 0 Å².